The predicted molar refractivity (Wildman–Crippen MR) is 83.5 cm³/mol. The maximum absolute atomic E-state index is 12.2. The molecule has 3 N–H and O–H groups in total. The Morgan fingerprint density at radius 1 is 1.35 bits per heavy atom. The zero-order chi connectivity index (χ0) is 15.2. The predicted octanol–water partition coefficient (Wildman–Crippen LogP) is 2.47. The van der Waals surface area contributed by atoms with Gasteiger partial charge in [-0.3, -0.25) is 4.79 Å². The second-order valence-electron chi connectivity index (χ2n) is 6.05. The first kappa shape index (κ1) is 16.3. The molecule has 0 aliphatic rings. The second-order valence-corrected chi connectivity index (χ2v) is 6.05. The molecule has 0 aliphatic heterocycles. The van der Waals surface area contributed by atoms with Crippen LogP contribution in [0.2, 0.25) is 0 Å². The molecule has 1 aromatic carbocycles. The van der Waals surface area contributed by atoms with Gasteiger partial charge in [0, 0.05) is 17.7 Å². The van der Waals surface area contributed by atoms with Gasteiger partial charge in [-0.15, -0.1) is 0 Å². The summed E-state index contributed by atoms with van der Waals surface area (Å²) in [6.45, 7) is 9.40. The Hall–Kier alpha value is -1.79. The lowest BCUT2D eigenvalue weighted by Crippen LogP contribution is -2.27. The van der Waals surface area contributed by atoms with Crippen molar-refractivity contribution in [3.05, 3.63) is 34.9 Å². The fraction of sp³-hybridized carbons (Fsp3) is 0.471. The van der Waals surface area contributed by atoms with E-state index in [-0.39, 0.29) is 11.3 Å². The van der Waals surface area contributed by atoms with Gasteiger partial charge in [-0.05, 0) is 36.5 Å². The molecule has 0 bridgehead atoms. The standard InChI is InChI=1S/C17H24N2O/c1-13-14(8-6-11-18)7-5-9-15(13)16(20)19-12-10-17(2,3)4/h5,7,9H,10-12,18H2,1-4H3,(H,19,20). The molecule has 0 saturated carbocycles. The van der Waals surface area contributed by atoms with Gasteiger partial charge in [-0.1, -0.05) is 38.7 Å². The molecule has 0 heterocycles. The van der Waals surface area contributed by atoms with Crippen molar-refractivity contribution in [3.63, 3.8) is 0 Å². The molecule has 0 radical (unpaired) electrons. The Bertz CT molecular complexity index is 530. The van der Waals surface area contributed by atoms with E-state index in [1.165, 1.54) is 0 Å². The average Bonchev–Trinajstić information content (AvgIpc) is 2.36. The Labute approximate surface area is 121 Å². The molecule has 0 aromatic heterocycles. The van der Waals surface area contributed by atoms with Crippen molar-refractivity contribution in [1.29, 1.82) is 0 Å². The number of amides is 1. The van der Waals surface area contributed by atoms with Crippen molar-refractivity contribution in [2.45, 2.75) is 34.1 Å². The summed E-state index contributed by atoms with van der Waals surface area (Å²) in [5, 5.41) is 2.97. The number of hydrogen-bond donors (Lipinski definition) is 2. The molecule has 108 valence electrons. The largest absolute Gasteiger partial charge is 0.352 e. The van der Waals surface area contributed by atoms with Gasteiger partial charge < -0.3 is 11.1 Å². The Morgan fingerprint density at radius 2 is 2.05 bits per heavy atom. The van der Waals surface area contributed by atoms with Gasteiger partial charge in [0.05, 0.1) is 6.54 Å². The normalized spacial score (nSPS) is 10.7. The molecule has 0 unspecified atom stereocenters. The van der Waals surface area contributed by atoms with Crippen LogP contribution in [0, 0.1) is 24.2 Å². The smallest absolute Gasteiger partial charge is 0.251 e. The maximum atomic E-state index is 12.2. The summed E-state index contributed by atoms with van der Waals surface area (Å²) >= 11 is 0. The molecule has 3 heteroatoms. The van der Waals surface area contributed by atoms with Crippen LogP contribution in [0.15, 0.2) is 18.2 Å². The molecule has 0 spiro atoms. The van der Waals surface area contributed by atoms with Crippen LogP contribution in [-0.2, 0) is 0 Å². The lowest BCUT2D eigenvalue weighted by atomic mass is 9.92. The lowest BCUT2D eigenvalue weighted by molar-refractivity contribution is 0.0949. The van der Waals surface area contributed by atoms with E-state index >= 15 is 0 Å². The van der Waals surface area contributed by atoms with Gasteiger partial charge >= 0.3 is 0 Å². The van der Waals surface area contributed by atoms with Crippen molar-refractivity contribution >= 4 is 5.91 Å². The fourth-order valence-electron chi connectivity index (χ4n) is 1.81. The first-order valence-corrected chi connectivity index (χ1v) is 6.92. The summed E-state index contributed by atoms with van der Waals surface area (Å²) in [5.41, 5.74) is 8.04. The van der Waals surface area contributed by atoms with Gasteiger partial charge in [0.25, 0.3) is 5.91 Å². The van der Waals surface area contributed by atoms with E-state index in [1.807, 2.05) is 25.1 Å². The van der Waals surface area contributed by atoms with Crippen LogP contribution in [0.3, 0.4) is 0 Å². The molecule has 0 aliphatic carbocycles. The van der Waals surface area contributed by atoms with Crippen LogP contribution in [0.1, 0.15) is 48.7 Å². The van der Waals surface area contributed by atoms with E-state index in [1.54, 1.807) is 0 Å². The van der Waals surface area contributed by atoms with Gasteiger partial charge in [0.2, 0.25) is 0 Å². The highest BCUT2D eigenvalue weighted by Gasteiger charge is 2.13. The van der Waals surface area contributed by atoms with E-state index in [0.717, 1.165) is 17.5 Å². The summed E-state index contributed by atoms with van der Waals surface area (Å²) in [4.78, 5) is 12.2. The molecule has 1 aromatic rings. The number of hydrogen-bond acceptors (Lipinski definition) is 2. The van der Waals surface area contributed by atoms with Crippen LogP contribution in [-0.4, -0.2) is 19.0 Å². The van der Waals surface area contributed by atoms with Crippen LogP contribution in [0.25, 0.3) is 0 Å². The molecule has 0 saturated heterocycles. The average molecular weight is 272 g/mol. The molecule has 3 nitrogen and oxygen atoms in total. The Kier molecular flexibility index (Phi) is 5.79. The molecular weight excluding hydrogens is 248 g/mol. The van der Waals surface area contributed by atoms with Crippen molar-refractivity contribution in [1.82, 2.24) is 5.32 Å². The zero-order valence-electron chi connectivity index (χ0n) is 12.8. The number of benzene rings is 1. The van der Waals surface area contributed by atoms with Gasteiger partial charge in [0.1, 0.15) is 0 Å². The lowest BCUT2D eigenvalue weighted by Gasteiger charge is -2.18. The van der Waals surface area contributed by atoms with Crippen molar-refractivity contribution in [3.8, 4) is 11.8 Å². The third-order valence-corrected chi connectivity index (χ3v) is 3.06. The molecule has 1 amide bonds. The van der Waals surface area contributed by atoms with Crippen LogP contribution >= 0.6 is 0 Å². The topological polar surface area (TPSA) is 55.1 Å². The fourth-order valence-corrected chi connectivity index (χ4v) is 1.81. The first-order chi connectivity index (χ1) is 9.35. The van der Waals surface area contributed by atoms with E-state index in [4.69, 9.17) is 5.73 Å². The Morgan fingerprint density at radius 3 is 2.65 bits per heavy atom. The van der Waals surface area contributed by atoms with Crippen molar-refractivity contribution in [2.24, 2.45) is 11.1 Å². The summed E-state index contributed by atoms with van der Waals surface area (Å²) < 4.78 is 0. The molecule has 1 rings (SSSR count). The minimum atomic E-state index is -0.0388. The minimum Gasteiger partial charge on any atom is -0.352 e. The SMILES string of the molecule is Cc1c(C#CCN)cccc1C(=O)NCCC(C)(C)C. The maximum Gasteiger partial charge on any atom is 0.251 e. The quantitative estimate of drug-likeness (QED) is 0.831. The number of carbonyl (C=O) groups is 1. The van der Waals surface area contributed by atoms with E-state index in [2.05, 4.69) is 37.9 Å². The highest BCUT2D eigenvalue weighted by Crippen LogP contribution is 2.17. The molecule has 20 heavy (non-hydrogen) atoms. The molecule has 0 atom stereocenters. The van der Waals surface area contributed by atoms with Crippen LogP contribution < -0.4 is 11.1 Å². The van der Waals surface area contributed by atoms with Crippen LogP contribution in [0.4, 0.5) is 0 Å². The monoisotopic (exact) mass is 272 g/mol. The van der Waals surface area contributed by atoms with Gasteiger partial charge in [0.15, 0.2) is 0 Å². The number of nitrogens with two attached hydrogens (primary N) is 1. The van der Waals surface area contributed by atoms with Gasteiger partial charge in [-0.2, -0.15) is 0 Å². The number of nitrogens with one attached hydrogen (secondary N) is 1. The highest BCUT2D eigenvalue weighted by molar-refractivity contribution is 5.96. The second kappa shape index (κ2) is 7.12. The van der Waals surface area contributed by atoms with Crippen molar-refractivity contribution < 1.29 is 4.79 Å². The molecule has 0 fully saturated rings. The summed E-state index contributed by atoms with van der Waals surface area (Å²) in [6.07, 6.45) is 0.949. The van der Waals surface area contributed by atoms with Crippen molar-refractivity contribution in [2.75, 3.05) is 13.1 Å². The van der Waals surface area contributed by atoms with Gasteiger partial charge in [-0.25, -0.2) is 0 Å². The van der Waals surface area contributed by atoms with E-state index in [9.17, 15) is 4.79 Å². The minimum absolute atomic E-state index is 0.0388. The van der Waals surface area contributed by atoms with E-state index < -0.39 is 0 Å². The van der Waals surface area contributed by atoms with E-state index in [0.29, 0.717) is 18.7 Å². The molecular formula is C17H24N2O. The third-order valence-electron chi connectivity index (χ3n) is 3.06. The third kappa shape index (κ3) is 5.07. The van der Waals surface area contributed by atoms with Crippen LogP contribution in [0.5, 0.6) is 0 Å². The summed E-state index contributed by atoms with van der Waals surface area (Å²) in [7, 11) is 0. The zero-order valence-corrected chi connectivity index (χ0v) is 12.8. The summed E-state index contributed by atoms with van der Waals surface area (Å²) in [5.74, 6) is 5.78. The summed E-state index contributed by atoms with van der Waals surface area (Å²) in [6, 6.07) is 5.59. The highest BCUT2D eigenvalue weighted by atomic mass is 16.1. The Balaban J connectivity index is 2.78. The number of rotatable bonds is 3. The first-order valence-electron chi connectivity index (χ1n) is 6.92. The number of carbonyl (C=O) groups excluding carboxylic acids is 1.